The second-order valence-corrected chi connectivity index (χ2v) is 9.53. The Hall–Kier alpha value is -2.03. The largest absolute Gasteiger partial charge is 0.491 e. The van der Waals surface area contributed by atoms with Crippen LogP contribution in [0.1, 0.15) is 11.3 Å². The fraction of sp³-hybridized carbons (Fsp3) is 0.250. The van der Waals surface area contributed by atoms with Crippen molar-refractivity contribution in [1.82, 2.24) is 4.98 Å². The normalized spacial score (nSPS) is 10.3. The number of hydrogen-bond donors (Lipinski definition) is 1. The maximum Gasteiger partial charge on any atom is 0.233 e. The van der Waals surface area contributed by atoms with Crippen LogP contribution in [0.3, 0.4) is 0 Å². The lowest BCUT2D eigenvalue weighted by Gasteiger charge is -2.06. The minimum Gasteiger partial charge on any atom is -0.491 e. The first-order valence-corrected chi connectivity index (χ1v) is 12.6. The molecule has 1 aromatic heterocycles. The molecule has 3 rings (SSSR count). The van der Waals surface area contributed by atoms with E-state index in [1.807, 2.05) is 42.5 Å². The number of methoxy groups -OCH3 is 1. The number of benzene rings is 2. The Balaban J connectivity index is 1.48. The summed E-state index contributed by atoms with van der Waals surface area (Å²) in [6.45, 7) is 2.06. The van der Waals surface area contributed by atoms with Gasteiger partial charge in [0.05, 0.1) is 30.3 Å². The van der Waals surface area contributed by atoms with Gasteiger partial charge >= 0.3 is 0 Å². The quantitative estimate of drug-likeness (QED) is 0.125. The van der Waals surface area contributed by atoms with Crippen LogP contribution in [0, 0.1) is 30.3 Å². The summed E-state index contributed by atoms with van der Waals surface area (Å²) >= 11 is 10.7. The van der Waals surface area contributed by atoms with Crippen molar-refractivity contribution in [3.63, 3.8) is 0 Å². The molecule has 0 amide bonds. The van der Waals surface area contributed by atoms with Crippen LogP contribution in [0.15, 0.2) is 40.8 Å². The standard InChI is InChI=1S/C24H20ClI2N3O4/c1-31-10-11-33-18-6-4-16(5-7-18)15-32-9-3-2-8-29-24-21(14-28)30-23(34-24)19-12-17(26)13-20(27)22(19)25/h4-7,12-13,29H,8-11,15H2,1H3. The molecule has 0 saturated heterocycles. The van der Waals surface area contributed by atoms with Gasteiger partial charge in [-0.15, -0.1) is 0 Å². The molecule has 0 bridgehead atoms. The molecular weight excluding hydrogens is 684 g/mol. The highest BCUT2D eigenvalue weighted by atomic mass is 127. The maximum absolute atomic E-state index is 9.39. The van der Waals surface area contributed by atoms with Gasteiger partial charge in [-0.1, -0.05) is 35.6 Å². The lowest BCUT2D eigenvalue weighted by atomic mass is 10.2. The average molecular weight is 704 g/mol. The molecule has 0 aliphatic heterocycles. The van der Waals surface area contributed by atoms with Gasteiger partial charge in [0.2, 0.25) is 17.5 Å². The Bertz CT molecular complexity index is 1210. The third-order valence-corrected chi connectivity index (χ3v) is 6.54. The van der Waals surface area contributed by atoms with Crippen LogP contribution in [-0.2, 0) is 16.1 Å². The topological polar surface area (TPSA) is 89.5 Å². The van der Waals surface area contributed by atoms with E-state index in [1.165, 1.54) is 0 Å². The SMILES string of the molecule is COCCOc1ccc(COCC#CCNc2oc(-c3cc(I)cc(I)c3Cl)nc2C#N)cc1. The van der Waals surface area contributed by atoms with Crippen LogP contribution in [0.5, 0.6) is 5.75 Å². The number of hydrogen-bond acceptors (Lipinski definition) is 7. The third kappa shape index (κ3) is 7.75. The van der Waals surface area contributed by atoms with Gasteiger partial charge < -0.3 is 23.9 Å². The van der Waals surface area contributed by atoms with Gasteiger partial charge in [-0.2, -0.15) is 10.2 Å². The number of nitrogens with zero attached hydrogens (tertiary/aromatic N) is 2. The van der Waals surface area contributed by atoms with E-state index in [0.29, 0.717) is 30.4 Å². The Morgan fingerprint density at radius 3 is 2.68 bits per heavy atom. The summed E-state index contributed by atoms with van der Waals surface area (Å²) in [6.07, 6.45) is 0. The maximum atomic E-state index is 9.39. The van der Waals surface area contributed by atoms with Crippen molar-refractivity contribution in [2.75, 3.05) is 38.8 Å². The van der Waals surface area contributed by atoms with Crippen LogP contribution in [-0.4, -0.2) is 38.5 Å². The number of nitrogens with one attached hydrogen (secondary N) is 1. The van der Waals surface area contributed by atoms with Gasteiger partial charge in [-0.25, -0.2) is 0 Å². The molecule has 0 aliphatic carbocycles. The van der Waals surface area contributed by atoms with Crippen molar-refractivity contribution in [1.29, 1.82) is 5.26 Å². The molecule has 1 heterocycles. The summed E-state index contributed by atoms with van der Waals surface area (Å²) in [7, 11) is 1.64. The highest BCUT2D eigenvalue weighted by Gasteiger charge is 2.18. The smallest absolute Gasteiger partial charge is 0.233 e. The second-order valence-electron chi connectivity index (χ2n) is 6.74. The molecule has 0 atom stereocenters. The molecule has 0 spiro atoms. The molecule has 0 saturated carbocycles. The fourth-order valence-electron chi connectivity index (χ4n) is 2.73. The van der Waals surface area contributed by atoms with E-state index in [9.17, 15) is 5.26 Å². The molecule has 176 valence electrons. The van der Waals surface area contributed by atoms with Gasteiger partial charge in [0.1, 0.15) is 25.0 Å². The minimum atomic E-state index is 0.146. The highest BCUT2D eigenvalue weighted by Crippen LogP contribution is 2.35. The number of aromatic nitrogens is 1. The number of oxazole rings is 1. The van der Waals surface area contributed by atoms with Gasteiger partial charge in [-0.3, -0.25) is 0 Å². The summed E-state index contributed by atoms with van der Waals surface area (Å²) in [5, 5.41) is 12.9. The second kappa shape index (κ2) is 13.8. The molecule has 0 radical (unpaired) electrons. The predicted molar refractivity (Wildman–Crippen MR) is 147 cm³/mol. The minimum absolute atomic E-state index is 0.146. The van der Waals surface area contributed by atoms with Crippen LogP contribution >= 0.6 is 56.8 Å². The fourth-order valence-corrected chi connectivity index (χ4v) is 4.76. The van der Waals surface area contributed by atoms with Crippen molar-refractivity contribution >= 4 is 62.7 Å². The molecule has 0 aliphatic rings. The first-order chi connectivity index (χ1) is 16.5. The lowest BCUT2D eigenvalue weighted by Crippen LogP contribution is -2.04. The van der Waals surface area contributed by atoms with E-state index < -0.39 is 0 Å². The van der Waals surface area contributed by atoms with E-state index in [2.05, 4.69) is 67.3 Å². The van der Waals surface area contributed by atoms with Crippen molar-refractivity contribution < 1.29 is 18.6 Å². The van der Waals surface area contributed by atoms with Gasteiger partial charge in [0.15, 0.2) is 0 Å². The van der Waals surface area contributed by atoms with Crippen LogP contribution < -0.4 is 10.1 Å². The third-order valence-electron chi connectivity index (χ3n) is 4.34. The lowest BCUT2D eigenvalue weighted by molar-refractivity contribution is 0.146. The van der Waals surface area contributed by atoms with Gasteiger partial charge in [0, 0.05) is 14.3 Å². The summed E-state index contributed by atoms with van der Waals surface area (Å²) in [4.78, 5) is 4.26. The number of rotatable bonds is 10. The van der Waals surface area contributed by atoms with Crippen LogP contribution in [0.2, 0.25) is 5.02 Å². The number of halogens is 3. The zero-order chi connectivity index (χ0) is 24.3. The molecule has 0 fully saturated rings. The monoisotopic (exact) mass is 703 g/mol. The summed E-state index contributed by atoms with van der Waals surface area (Å²) < 4.78 is 23.7. The summed E-state index contributed by atoms with van der Waals surface area (Å²) in [5.74, 6) is 7.20. The zero-order valence-corrected chi connectivity index (χ0v) is 23.2. The number of anilines is 1. The van der Waals surface area contributed by atoms with Crippen LogP contribution in [0.4, 0.5) is 5.88 Å². The van der Waals surface area contributed by atoms with E-state index in [0.717, 1.165) is 18.5 Å². The zero-order valence-electron chi connectivity index (χ0n) is 18.2. The Labute approximate surface area is 230 Å². The van der Waals surface area contributed by atoms with Crippen molar-refractivity contribution in [3.05, 3.63) is 59.8 Å². The van der Waals surface area contributed by atoms with Crippen molar-refractivity contribution in [2.45, 2.75) is 6.61 Å². The van der Waals surface area contributed by atoms with Gasteiger partial charge in [0.25, 0.3) is 0 Å². The molecule has 34 heavy (non-hydrogen) atoms. The molecule has 10 heteroatoms. The molecule has 2 aromatic carbocycles. The van der Waals surface area contributed by atoms with E-state index >= 15 is 0 Å². The summed E-state index contributed by atoms with van der Waals surface area (Å²) in [5.41, 5.74) is 1.81. The first-order valence-electron chi connectivity index (χ1n) is 10.1. The Kier molecular flexibility index (Phi) is 10.8. The number of ether oxygens (including phenoxy) is 3. The molecule has 7 nitrogen and oxygen atoms in total. The number of nitriles is 1. The molecular formula is C24H20ClI2N3O4. The predicted octanol–water partition coefficient (Wildman–Crippen LogP) is 5.73. The van der Waals surface area contributed by atoms with Crippen molar-refractivity contribution in [3.8, 4) is 35.1 Å². The van der Waals surface area contributed by atoms with Crippen LogP contribution in [0.25, 0.3) is 11.5 Å². The Morgan fingerprint density at radius 1 is 1.15 bits per heavy atom. The van der Waals surface area contributed by atoms with Crippen molar-refractivity contribution in [2.24, 2.45) is 0 Å². The summed E-state index contributed by atoms with van der Waals surface area (Å²) in [6, 6.07) is 13.5. The van der Waals surface area contributed by atoms with E-state index in [4.69, 9.17) is 30.2 Å². The van der Waals surface area contributed by atoms with Gasteiger partial charge in [-0.05, 0) is 75.0 Å². The molecule has 1 N–H and O–H groups in total. The Morgan fingerprint density at radius 2 is 1.94 bits per heavy atom. The highest BCUT2D eigenvalue weighted by molar-refractivity contribution is 14.1. The molecule has 3 aromatic rings. The van der Waals surface area contributed by atoms with E-state index in [-0.39, 0.29) is 30.6 Å². The average Bonchev–Trinajstić information content (AvgIpc) is 3.25. The molecule has 0 unspecified atom stereocenters. The first kappa shape index (κ1) is 26.6. The van der Waals surface area contributed by atoms with E-state index in [1.54, 1.807) is 7.11 Å².